The zero-order chi connectivity index (χ0) is 19.5. The van der Waals surface area contributed by atoms with Gasteiger partial charge in [-0.2, -0.15) is 0 Å². The van der Waals surface area contributed by atoms with Gasteiger partial charge in [0.1, 0.15) is 5.82 Å². The third kappa shape index (κ3) is 3.70. The highest BCUT2D eigenvalue weighted by atomic mass is 32.2. The molecule has 0 spiro atoms. The highest BCUT2D eigenvalue weighted by Crippen LogP contribution is 2.41. The second-order valence-corrected chi connectivity index (χ2v) is 8.15. The van der Waals surface area contributed by atoms with Crippen molar-refractivity contribution < 1.29 is 13.7 Å². The second kappa shape index (κ2) is 8.43. The second-order valence-electron chi connectivity index (χ2n) is 7.04. The summed E-state index contributed by atoms with van der Waals surface area (Å²) in [6.45, 7) is 4.01. The zero-order valence-electron chi connectivity index (χ0n) is 16.2. The Balaban J connectivity index is 1.51. The van der Waals surface area contributed by atoms with Gasteiger partial charge in [0.15, 0.2) is 11.3 Å². The lowest BCUT2D eigenvalue weighted by molar-refractivity contribution is 0.397. The monoisotopic (exact) mass is 399 g/mol. The number of hydrogen-bond donors (Lipinski definition) is 0. The van der Waals surface area contributed by atoms with Crippen LogP contribution in [0.3, 0.4) is 0 Å². The number of halogens is 1. The van der Waals surface area contributed by atoms with E-state index in [2.05, 4.69) is 29.1 Å². The molecule has 28 heavy (non-hydrogen) atoms. The smallest absolute Gasteiger partial charge is 0.170 e. The van der Waals surface area contributed by atoms with Crippen molar-refractivity contribution in [2.24, 2.45) is 0 Å². The molecule has 3 aromatic rings. The molecule has 1 aliphatic heterocycles. The van der Waals surface area contributed by atoms with Gasteiger partial charge in [-0.1, -0.05) is 18.1 Å². The Morgan fingerprint density at radius 2 is 2.14 bits per heavy atom. The summed E-state index contributed by atoms with van der Waals surface area (Å²) in [4.78, 5) is 3.45. The topological polar surface area (TPSA) is 38.5 Å². The van der Waals surface area contributed by atoms with Crippen LogP contribution in [0.15, 0.2) is 39.8 Å². The fourth-order valence-corrected chi connectivity index (χ4v) is 4.71. The van der Waals surface area contributed by atoms with E-state index in [1.807, 2.05) is 6.07 Å². The van der Waals surface area contributed by atoms with Crippen molar-refractivity contribution in [3.05, 3.63) is 47.9 Å². The predicted octanol–water partition coefficient (Wildman–Crippen LogP) is 5.66. The maximum atomic E-state index is 13.4. The molecule has 0 aliphatic carbocycles. The summed E-state index contributed by atoms with van der Waals surface area (Å²) in [5.74, 6) is 1.99. The van der Waals surface area contributed by atoms with E-state index in [4.69, 9.17) is 9.26 Å². The van der Waals surface area contributed by atoms with Crippen LogP contribution in [-0.2, 0) is 0 Å². The van der Waals surface area contributed by atoms with Crippen molar-refractivity contribution in [2.45, 2.75) is 37.0 Å². The number of thioether (sulfide) groups is 1. The van der Waals surface area contributed by atoms with E-state index in [1.54, 1.807) is 24.9 Å². The van der Waals surface area contributed by atoms with Crippen LogP contribution in [0, 0.1) is 11.9 Å². The Morgan fingerprint density at radius 1 is 1.32 bits per heavy atom. The Hall–Kier alpha value is -2.21. The number of anilines is 1. The molecule has 0 unspecified atom stereocenters. The summed E-state index contributed by atoms with van der Waals surface area (Å²) < 4.78 is 24.5. The van der Waals surface area contributed by atoms with Crippen molar-refractivity contribution in [2.75, 3.05) is 30.9 Å². The van der Waals surface area contributed by atoms with Crippen LogP contribution in [0.4, 0.5) is 10.1 Å². The molecule has 1 fully saturated rings. The first-order valence-electron chi connectivity index (χ1n) is 9.72. The van der Waals surface area contributed by atoms with Gasteiger partial charge in [0.05, 0.1) is 23.4 Å². The van der Waals surface area contributed by atoms with Crippen molar-refractivity contribution in [3.63, 3.8) is 0 Å². The largest absolute Gasteiger partial charge is 0.493 e. The summed E-state index contributed by atoms with van der Waals surface area (Å²) in [5, 5.41) is 5.17. The number of aromatic nitrogens is 1. The van der Waals surface area contributed by atoms with Gasteiger partial charge in [0, 0.05) is 36.5 Å². The molecule has 0 N–H and O–H groups in total. The zero-order valence-corrected chi connectivity index (χ0v) is 17.0. The van der Waals surface area contributed by atoms with Crippen LogP contribution in [0.2, 0.25) is 0 Å². The standard InChI is InChI=1S/C22H24FN2O2S/c1-3-13-28-20-6-4-5-18(22(20)26-2)25-11-9-15(10-12-25)21-17-8-7-16(23)14-19(17)27-24-21/h4-5,7-8,14-15H,3,9-13H2,1-2H3. The lowest BCUT2D eigenvalue weighted by atomic mass is 9.91. The van der Waals surface area contributed by atoms with Crippen LogP contribution in [0.1, 0.15) is 37.8 Å². The third-order valence-corrected chi connectivity index (χ3v) is 6.44. The first-order chi connectivity index (χ1) is 13.7. The fourth-order valence-electron chi connectivity index (χ4n) is 3.83. The summed E-state index contributed by atoms with van der Waals surface area (Å²) >= 11 is 1.79. The number of rotatable bonds is 6. The molecule has 4 nitrogen and oxygen atoms in total. The minimum atomic E-state index is -0.297. The number of hydrogen-bond acceptors (Lipinski definition) is 5. The molecule has 4 rings (SSSR count). The van der Waals surface area contributed by atoms with Crippen LogP contribution in [0.5, 0.6) is 5.75 Å². The number of ether oxygens (including phenoxy) is 1. The Morgan fingerprint density at radius 3 is 2.89 bits per heavy atom. The van der Waals surface area contributed by atoms with Gasteiger partial charge in [-0.3, -0.25) is 0 Å². The number of methoxy groups -OCH3 is 1. The van der Waals surface area contributed by atoms with Gasteiger partial charge in [-0.25, -0.2) is 4.39 Å². The maximum absolute atomic E-state index is 13.4. The average molecular weight is 400 g/mol. The molecule has 0 saturated carbocycles. The molecule has 2 heterocycles. The normalized spacial score (nSPS) is 15.3. The molecule has 0 atom stereocenters. The number of fused-ring (bicyclic) bond motifs is 1. The van der Waals surface area contributed by atoms with E-state index in [0.717, 1.165) is 65.5 Å². The predicted molar refractivity (Wildman–Crippen MR) is 111 cm³/mol. The molecule has 1 radical (unpaired) electrons. The molecule has 1 aromatic heterocycles. The minimum absolute atomic E-state index is 0.297. The fraction of sp³-hybridized carbons (Fsp3) is 0.409. The van der Waals surface area contributed by atoms with Crippen molar-refractivity contribution in [3.8, 4) is 5.75 Å². The van der Waals surface area contributed by atoms with Crippen molar-refractivity contribution in [1.29, 1.82) is 0 Å². The molecular formula is C22H24FN2O2S. The molecule has 147 valence electrons. The molecule has 6 heteroatoms. The third-order valence-electron chi connectivity index (χ3n) is 5.23. The molecule has 0 amide bonds. The minimum Gasteiger partial charge on any atom is -0.493 e. The van der Waals surface area contributed by atoms with Crippen molar-refractivity contribution in [1.82, 2.24) is 5.16 Å². The van der Waals surface area contributed by atoms with Gasteiger partial charge in [0.25, 0.3) is 0 Å². The average Bonchev–Trinajstić information content (AvgIpc) is 3.15. The summed E-state index contributed by atoms with van der Waals surface area (Å²) in [6.07, 6.45) is 3.06. The van der Waals surface area contributed by atoms with Crippen molar-refractivity contribution >= 4 is 28.4 Å². The quantitative estimate of drug-likeness (QED) is 0.500. The highest BCUT2D eigenvalue weighted by molar-refractivity contribution is 7.99. The van der Waals surface area contributed by atoms with E-state index >= 15 is 0 Å². The van der Waals surface area contributed by atoms with Crippen LogP contribution in [0.25, 0.3) is 11.0 Å². The highest BCUT2D eigenvalue weighted by Gasteiger charge is 2.27. The van der Waals surface area contributed by atoms with Gasteiger partial charge in [0.2, 0.25) is 0 Å². The van der Waals surface area contributed by atoms with E-state index in [0.29, 0.717) is 11.5 Å². The summed E-state index contributed by atoms with van der Waals surface area (Å²) in [7, 11) is 1.73. The molecule has 2 aromatic carbocycles. The van der Waals surface area contributed by atoms with Gasteiger partial charge in [-0.15, -0.1) is 11.8 Å². The van der Waals surface area contributed by atoms with E-state index in [9.17, 15) is 4.39 Å². The number of benzene rings is 2. The number of nitrogens with zero attached hydrogens (tertiary/aromatic N) is 2. The lowest BCUT2D eigenvalue weighted by Gasteiger charge is -2.34. The van der Waals surface area contributed by atoms with E-state index < -0.39 is 0 Å². The molecule has 1 aliphatic rings. The van der Waals surface area contributed by atoms with Crippen LogP contribution < -0.4 is 9.64 Å². The Bertz CT molecular complexity index is 951. The van der Waals surface area contributed by atoms with E-state index in [-0.39, 0.29) is 5.82 Å². The maximum Gasteiger partial charge on any atom is 0.170 e. The first-order valence-corrected chi connectivity index (χ1v) is 10.7. The van der Waals surface area contributed by atoms with E-state index in [1.165, 1.54) is 12.1 Å². The lowest BCUT2D eigenvalue weighted by Crippen LogP contribution is -2.33. The Kier molecular flexibility index (Phi) is 5.76. The Labute approximate surface area is 169 Å². The first kappa shape index (κ1) is 19.1. The SMILES string of the molecule is CCCSc1[c]ccc(N2CCC(c3noc4cc(F)ccc34)CC2)c1OC. The van der Waals surface area contributed by atoms with Crippen LogP contribution in [-0.4, -0.2) is 31.1 Å². The summed E-state index contributed by atoms with van der Waals surface area (Å²) in [5.41, 5.74) is 2.60. The van der Waals surface area contributed by atoms with Gasteiger partial charge in [-0.05, 0) is 43.2 Å². The molecule has 0 bridgehead atoms. The molecular weight excluding hydrogens is 375 g/mol. The van der Waals surface area contributed by atoms with Gasteiger partial charge < -0.3 is 14.2 Å². The molecule has 1 saturated heterocycles. The van der Waals surface area contributed by atoms with Crippen LogP contribution >= 0.6 is 11.8 Å². The summed E-state index contributed by atoms with van der Waals surface area (Å²) in [6, 6.07) is 12.0. The van der Waals surface area contributed by atoms with Gasteiger partial charge >= 0.3 is 0 Å². The number of piperidine rings is 1.